The van der Waals surface area contributed by atoms with Gasteiger partial charge in [-0.25, -0.2) is 0 Å². The molecule has 0 radical (unpaired) electrons. The third-order valence-electron chi connectivity index (χ3n) is 7.21. The minimum atomic E-state index is -0.245. The standard InChI is InChI=1S/C27H35N3O2.ClH/c1-17-8-9-21(14-19(17)3)26(31)29-25-12-13-28-15-24(25)27(32)30(23-10-11-23)16-22-7-5-6-18(2)20(22)4;/h5-9,14,23-25,28H,10-13,15-16H2,1-4H3,(H,29,31);1H. The number of hydrogen-bond donors (Lipinski definition) is 2. The van der Waals surface area contributed by atoms with Crippen molar-refractivity contribution in [3.05, 3.63) is 69.8 Å². The highest BCUT2D eigenvalue weighted by atomic mass is 35.5. The predicted octanol–water partition coefficient (Wildman–Crippen LogP) is 4.24. The smallest absolute Gasteiger partial charge is 0.251 e. The second kappa shape index (κ2) is 10.7. The van der Waals surface area contributed by atoms with Crippen LogP contribution in [0.25, 0.3) is 0 Å². The summed E-state index contributed by atoms with van der Waals surface area (Å²) in [4.78, 5) is 28.8. The lowest BCUT2D eigenvalue weighted by molar-refractivity contribution is -0.138. The largest absolute Gasteiger partial charge is 0.348 e. The maximum Gasteiger partial charge on any atom is 0.251 e. The molecule has 2 aromatic rings. The van der Waals surface area contributed by atoms with Gasteiger partial charge in [0.25, 0.3) is 5.91 Å². The minimum absolute atomic E-state index is 0. The number of carbonyl (C=O) groups excluding carboxylic acids is 2. The van der Waals surface area contributed by atoms with Gasteiger partial charge in [0.1, 0.15) is 0 Å². The number of halogens is 1. The van der Waals surface area contributed by atoms with Crippen LogP contribution >= 0.6 is 12.4 Å². The molecule has 5 nitrogen and oxygen atoms in total. The average molecular weight is 470 g/mol. The first kappa shape index (κ1) is 25.3. The quantitative estimate of drug-likeness (QED) is 0.665. The molecule has 1 aliphatic heterocycles. The van der Waals surface area contributed by atoms with Crippen LogP contribution in [-0.2, 0) is 11.3 Å². The zero-order chi connectivity index (χ0) is 22.8. The van der Waals surface area contributed by atoms with Crippen LogP contribution in [0.4, 0.5) is 0 Å². The Hall–Kier alpha value is -2.37. The van der Waals surface area contributed by atoms with Crippen LogP contribution in [0.3, 0.4) is 0 Å². The Morgan fingerprint density at radius 3 is 2.45 bits per heavy atom. The van der Waals surface area contributed by atoms with Crippen LogP contribution < -0.4 is 10.6 Å². The van der Waals surface area contributed by atoms with Gasteiger partial charge in [0.2, 0.25) is 5.91 Å². The van der Waals surface area contributed by atoms with Crippen molar-refractivity contribution in [3.63, 3.8) is 0 Å². The normalized spacial score (nSPS) is 20.0. The number of aryl methyl sites for hydroxylation is 3. The Kier molecular flexibility index (Phi) is 8.19. The fourth-order valence-corrected chi connectivity index (χ4v) is 4.58. The number of carbonyl (C=O) groups is 2. The molecule has 2 atom stereocenters. The second-order valence-corrected chi connectivity index (χ2v) is 9.53. The van der Waals surface area contributed by atoms with Gasteiger partial charge in [-0.3, -0.25) is 9.59 Å². The van der Waals surface area contributed by atoms with Crippen LogP contribution in [0.1, 0.15) is 57.4 Å². The SMILES string of the molecule is Cc1ccc(C(=O)NC2CCNCC2C(=O)N(Cc2cccc(C)c2C)C2CC2)cc1C.Cl. The molecule has 1 saturated heterocycles. The first-order chi connectivity index (χ1) is 15.3. The first-order valence-electron chi connectivity index (χ1n) is 11.8. The van der Waals surface area contributed by atoms with Crippen molar-refractivity contribution in [2.24, 2.45) is 5.92 Å². The van der Waals surface area contributed by atoms with Crippen LogP contribution in [0.15, 0.2) is 36.4 Å². The third-order valence-corrected chi connectivity index (χ3v) is 7.21. The maximum absolute atomic E-state index is 13.7. The summed E-state index contributed by atoms with van der Waals surface area (Å²) in [6.07, 6.45) is 2.89. The minimum Gasteiger partial charge on any atom is -0.348 e. The van der Waals surface area contributed by atoms with E-state index < -0.39 is 0 Å². The molecule has 1 saturated carbocycles. The summed E-state index contributed by atoms with van der Waals surface area (Å²) in [5, 5.41) is 6.56. The van der Waals surface area contributed by atoms with Crippen LogP contribution in [-0.4, -0.2) is 41.9 Å². The molecule has 2 N–H and O–H groups in total. The van der Waals surface area contributed by atoms with E-state index in [0.717, 1.165) is 31.4 Å². The second-order valence-electron chi connectivity index (χ2n) is 9.53. The molecule has 0 spiro atoms. The van der Waals surface area contributed by atoms with E-state index in [2.05, 4.69) is 47.6 Å². The topological polar surface area (TPSA) is 61.4 Å². The zero-order valence-electron chi connectivity index (χ0n) is 20.1. The summed E-state index contributed by atoms with van der Waals surface area (Å²) >= 11 is 0. The summed E-state index contributed by atoms with van der Waals surface area (Å²) < 4.78 is 0. The van der Waals surface area contributed by atoms with E-state index in [-0.39, 0.29) is 36.2 Å². The molecule has 4 rings (SSSR count). The van der Waals surface area contributed by atoms with Crippen LogP contribution in [0.5, 0.6) is 0 Å². The van der Waals surface area contributed by atoms with Crippen molar-refractivity contribution < 1.29 is 9.59 Å². The number of rotatable bonds is 6. The van der Waals surface area contributed by atoms with Gasteiger partial charge in [0, 0.05) is 30.7 Å². The van der Waals surface area contributed by atoms with Crippen molar-refractivity contribution >= 4 is 24.2 Å². The first-order valence-corrected chi connectivity index (χ1v) is 11.8. The molecule has 33 heavy (non-hydrogen) atoms. The Morgan fingerprint density at radius 2 is 1.76 bits per heavy atom. The summed E-state index contributed by atoms with van der Waals surface area (Å²) in [7, 11) is 0. The molecular formula is C27H36ClN3O2. The van der Waals surface area contributed by atoms with Crippen molar-refractivity contribution in [1.82, 2.24) is 15.5 Å². The number of hydrogen-bond acceptors (Lipinski definition) is 3. The Morgan fingerprint density at radius 1 is 1.00 bits per heavy atom. The number of nitrogens with zero attached hydrogens (tertiary/aromatic N) is 1. The lowest BCUT2D eigenvalue weighted by atomic mass is 9.91. The fourth-order valence-electron chi connectivity index (χ4n) is 4.58. The summed E-state index contributed by atoms with van der Waals surface area (Å²) in [5.74, 6) is -0.179. The number of benzene rings is 2. The molecule has 1 heterocycles. The lowest BCUT2D eigenvalue weighted by Crippen LogP contribution is -2.55. The summed E-state index contributed by atoms with van der Waals surface area (Å²) in [5.41, 5.74) is 6.65. The fraction of sp³-hybridized carbons (Fsp3) is 0.481. The molecule has 2 fully saturated rings. The van der Waals surface area contributed by atoms with E-state index in [0.29, 0.717) is 24.7 Å². The maximum atomic E-state index is 13.7. The molecule has 6 heteroatoms. The molecule has 178 valence electrons. The molecule has 0 bridgehead atoms. The van der Waals surface area contributed by atoms with Gasteiger partial charge in [-0.1, -0.05) is 24.3 Å². The van der Waals surface area contributed by atoms with Gasteiger partial charge in [0.15, 0.2) is 0 Å². The van der Waals surface area contributed by atoms with Gasteiger partial charge >= 0.3 is 0 Å². The number of piperidine rings is 1. The molecule has 2 aliphatic rings. The summed E-state index contributed by atoms with van der Waals surface area (Å²) in [6, 6.07) is 12.3. The zero-order valence-corrected chi connectivity index (χ0v) is 20.9. The molecule has 2 aromatic carbocycles. The monoisotopic (exact) mass is 469 g/mol. The van der Waals surface area contributed by atoms with E-state index >= 15 is 0 Å². The van der Waals surface area contributed by atoms with Crippen molar-refractivity contribution in [3.8, 4) is 0 Å². The van der Waals surface area contributed by atoms with E-state index in [9.17, 15) is 9.59 Å². The Balaban J connectivity index is 0.00000306. The number of nitrogens with one attached hydrogen (secondary N) is 2. The highest BCUT2D eigenvalue weighted by Crippen LogP contribution is 2.32. The van der Waals surface area contributed by atoms with Crippen LogP contribution in [0, 0.1) is 33.6 Å². The van der Waals surface area contributed by atoms with Gasteiger partial charge in [-0.15, -0.1) is 12.4 Å². The summed E-state index contributed by atoms with van der Waals surface area (Å²) in [6.45, 7) is 10.4. The molecule has 2 amide bonds. The third kappa shape index (κ3) is 5.77. The molecule has 0 aromatic heterocycles. The van der Waals surface area contributed by atoms with E-state index in [4.69, 9.17) is 0 Å². The lowest BCUT2D eigenvalue weighted by Gasteiger charge is -2.36. The van der Waals surface area contributed by atoms with E-state index in [1.807, 2.05) is 32.0 Å². The van der Waals surface area contributed by atoms with Crippen LogP contribution in [0.2, 0.25) is 0 Å². The van der Waals surface area contributed by atoms with Crippen molar-refractivity contribution in [1.29, 1.82) is 0 Å². The predicted molar refractivity (Wildman–Crippen MR) is 135 cm³/mol. The van der Waals surface area contributed by atoms with Gasteiger partial charge in [0.05, 0.1) is 5.92 Å². The van der Waals surface area contributed by atoms with Gasteiger partial charge < -0.3 is 15.5 Å². The Labute approximate surface area is 203 Å². The van der Waals surface area contributed by atoms with Crippen molar-refractivity contribution in [2.75, 3.05) is 13.1 Å². The molecule has 1 aliphatic carbocycles. The van der Waals surface area contributed by atoms with E-state index in [1.54, 1.807) is 0 Å². The highest BCUT2D eigenvalue weighted by Gasteiger charge is 2.40. The Bertz CT molecular complexity index is 1020. The van der Waals surface area contributed by atoms with Gasteiger partial charge in [-0.2, -0.15) is 0 Å². The van der Waals surface area contributed by atoms with Crippen molar-refractivity contribution in [2.45, 2.75) is 65.6 Å². The molecular weight excluding hydrogens is 434 g/mol. The van der Waals surface area contributed by atoms with Gasteiger partial charge in [-0.05, 0) is 93.5 Å². The average Bonchev–Trinajstić information content (AvgIpc) is 3.62. The van der Waals surface area contributed by atoms with E-state index in [1.165, 1.54) is 22.3 Å². The highest BCUT2D eigenvalue weighted by molar-refractivity contribution is 5.95. The molecule has 2 unspecified atom stereocenters. The number of amides is 2.